The van der Waals surface area contributed by atoms with Crippen LogP contribution in [0.25, 0.3) is 11.3 Å². The van der Waals surface area contributed by atoms with E-state index in [0.717, 1.165) is 16.8 Å². The van der Waals surface area contributed by atoms with Crippen LogP contribution in [-0.4, -0.2) is 9.55 Å². The molecule has 2 rings (SSSR count). The minimum absolute atomic E-state index is 0.319. The summed E-state index contributed by atoms with van der Waals surface area (Å²) in [6.45, 7) is 4.56. The lowest BCUT2D eigenvalue weighted by atomic mass is 10.1. The molecular formula is C12H13BrFN3. The minimum Gasteiger partial charge on any atom is -0.383 e. The molecule has 90 valence electrons. The first-order valence-corrected chi connectivity index (χ1v) is 6.12. The van der Waals surface area contributed by atoms with Gasteiger partial charge in [-0.25, -0.2) is 9.37 Å². The van der Waals surface area contributed by atoms with Crippen LogP contribution in [0.15, 0.2) is 22.7 Å². The summed E-state index contributed by atoms with van der Waals surface area (Å²) in [4.78, 5) is 4.33. The Bertz CT molecular complexity index is 563. The predicted molar refractivity (Wildman–Crippen MR) is 70.1 cm³/mol. The molecule has 0 radical (unpaired) electrons. The molecule has 1 aromatic heterocycles. The van der Waals surface area contributed by atoms with Crippen LogP contribution in [-0.2, 0) is 6.54 Å². The summed E-state index contributed by atoms with van der Waals surface area (Å²) < 4.78 is 16.4. The van der Waals surface area contributed by atoms with Crippen LogP contribution in [0.1, 0.15) is 12.7 Å². The molecule has 1 heterocycles. The summed E-state index contributed by atoms with van der Waals surface area (Å²) >= 11 is 3.32. The number of halogens is 2. The minimum atomic E-state index is -0.319. The molecule has 0 aliphatic rings. The molecule has 0 aliphatic heterocycles. The van der Waals surface area contributed by atoms with Crippen molar-refractivity contribution in [2.75, 3.05) is 5.73 Å². The van der Waals surface area contributed by atoms with Crippen molar-refractivity contribution in [3.63, 3.8) is 0 Å². The van der Waals surface area contributed by atoms with Crippen LogP contribution in [0.4, 0.5) is 10.2 Å². The zero-order valence-electron chi connectivity index (χ0n) is 9.67. The SMILES string of the molecule is CCn1c(C)nc(-c2cc(Br)ccc2F)c1N. The van der Waals surface area contributed by atoms with Crippen LogP contribution in [0.5, 0.6) is 0 Å². The number of aromatic nitrogens is 2. The molecule has 0 saturated carbocycles. The van der Waals surface area contributed by atoms with Gasteiger partial charge < -0.3 is 10.3 Å². The number of anilines is 1. The summed E-state index contributed by atoms with van der Waals surface area (Å²) in [5.41, 5.74) is 6.91. The smallest absolute Gasteiger partial charge is 0.132 e. The van der Waals surface area contributed by atoms with Gasteiger partial charge in [0.15, 0.2) is 0 Å². The van der Waals surface area contributed by atoms with Crippen LogP contribution >= 0.6 is 15.9 Å². The maximum atomic E-state index is 13.8. The van der Waals surface area contributed by atoms with E-state index in [9.17, 15) is 4.39 Å². The van der Waals surface area contributed by atoms with Crippen molar-refractivity contribution in [1.82, 2.24) is 9.55 Å². The van der Waals surface area contributed by atoms with Gasteiger partial charge in [0.05, 0.1) is 0 Å². The lowest BCUT2D eigenvalue weighted by molar-refractivity contribution is 0.630. The van der Waals surface area contributed by atoms with E-state index in [1.54, 1.807) is 12.1 Å². The summed E-state index contributed by atoms with van der Waals surface area (Å²) in [5, 5.41) is 0. The number of imidazole rings is 1. The Morgan fingerprint density at radius 1 is 1.47 bits per heavy atom. The number of aryl methyl sites for hydroxylation is 1. The van der Waals surface area contributed by atoms with Crippen molar-refractivity contribution in [3.05, 3.63) is 34.3 Å². The van der Waals surface area contributed by atoms with Gasteiger partial charge in [-0.05, 0) is 32.0 Å². The van der Waals surface area contributed by atoms with E-state index >= 15 is 0 Å². The second-order valence-corrected chi connectivity index (χ2v) is 4.68. The van der Waals surface area contributed by atoms with Crippen LogP contribution in [0.3, 0.4) is 0 Å². The van der Waals surface area contributed by atoms with Crippen molar-refractivity contribution in [1.29, 1.82) is 0 Å². The van der Waals surface area contributed by atoms with Gasteiger partial charge in [0.1, 0.15) is 23.2 Å². The van der Waals surface area contributed by atoms with E-state index in [1.165, 1.54) is 6.07 Å². The summed E-state index contributed by atoms with van der Waals surface area (Å²) in [5.74, 6) is 0.974. The van der Waals surface area contributed by atoms with Crippen LogP contribution in [0.2, 0.25) is 0 Å². The number of nitrogens with zero attached hydrogens (tertiary/aromatic N) is 2. The maximum Gasteiger partial charge on any atom is 0.132 e. The normalized spacial score (nSPS) is 10.8. The van der Waals surface area contributed by atoms with E-state index in [4.69, 9.17) is 5.73 Å². The molecule has 0 amide bonds. The molecule has 0 unspecified atom stereocenters. The molecule has 0 aliphatic carbocycles. The van der Waals surface area contributed by atoms with Crippen molar-refractivity contribution >= 4 is 21.7 Å². The lowest BCUT2D eigenvalue weighted by Crippen LogP contribution is -2.02. The van der Waals surface area contributed by atoms with Crippen molar-refractivity contribution in [3.8, 4) is 11.3 Å². The van der Waals surface area contributed by atoms with Crippen LogP contribution in [0, 0.1) is 12.7 Å². The average molecular weight is 298 g/mol. The van der Waals surface area contributed by atoms with Crippen molar-refractivity contribution in [2.24, 2.45) is 0 Å². The third-order valence-corrected chi connectivity index (χ3v) is 3.19. The fourth-order valence-electron chi connectivity index (χ4n) is 1.86. The first kappa shape index (κ1) is 12.1. The Labute approximate surface area is 108 Å². The Hall–Kier alpha value is -1.36. The number of nitrogens with two attached hydrogens (primary N) is 1. The molecule has 2 aromatic rings. The fourth-order valence-corrected chi connectivity index (χ4v) is 2.22. The molecule has 0 saturated heterocycles. The molecule has 0 fully saturated rings. The van der Waals surface area contributed by atoms with Gasteiger partial charge >= 0.3 is 0 Å². The van der Waals surface area contributed by atoms with Crippen LogP contribution < -0.4 is 5.73 Å². The quantitative estimate of drug-likeness (QED) is 0.924. The maximum absolute atomic E-state index is 13.8. The molecule has 0 bridgehead atoms. The third kappa shape index (κ3) is 2.07. The third-order valence-electron chi connectivity index (χ3n) is 2.70. The van der Waals surface area contributed by atoms with Crippen molar-refractivity contribution in [2.45, 2.75) is 20.4 Å². The molecule has 5 heteroatoms. The second-order valence-electron chi connectivity index (χ2n) is 3.76. The Kier molecular flexibility index (Phi) is 3.19. The highest BCUT2D eigenvalue weighted by Gasteiger charge is 2.16. The van der Waals surface area contributed by atoms with Gasteiger partial charge in [-0.3, -0.25) is 0 Å². The molecule has 0 atom stereocenters. The Morgan fingerprint density at radius 2 is 2.18 bits per heavy atom. The summed E-state index contributed by atoms with van der Waals surface area (Å²) in [6, 6.07) is 4.74. The topological polar surface area (TPSA) is 43.8 Å². The molecule has 1 aromatic carbocycles. The van der Waals surface area contributed by atoms with Gasteiger partial charge in [-0.15, -0.1) is 0 Å². The molecule has 0 spiro atoms. The number of hydrogen-bond acceptors (Lipinski definition) is 2. The Morgan fingerprint density at radius 3 is 2.76 bits per heavy atom. The summed E-state index contributed by atoms with van der Waals surface area (Å²) in [7, 11) is 0. The first-order chi connectivity index (χ1) is 8.04. The molecule has 17 heavy (non-hydrogen) atoms. The number of benzene rings is 1. The van der Waals surface area contributed by atoms with E-state index in [2.05, 4.69) is 20.9 Å². The van der Waals surface area contributed by atoms with Gasteiger partial charge in [-0.2, -0.15) is 0 Å². The number of rotatable bonds is 2. The highest BCUT2D eigenvalue weighted by molar-refractivity contribution is 9.10. The van der Waals surface area contributed by atoms with Gasteiger partial charge in [0.25, 0.3) is 0 Å². The average Bonchev–Trinajstić information content (AvgIpc) is 2.57. The number of hydrogen-bond donors (Lipinski definition) is 1. The largest absolute Gasteiger partial charge is 0.383 e. The second kappa shape index (κ2) is 4.49. The van der Waals surface area contributed by atoms with Gasteiger partial charge in [-0.1, -0.05) is 15.9 Å². The molecule has 2 N–H and O–H groups in total. The zero-order chi connectivity index (χ0) is 12.6. The van der Waals surface area contributed by atoms with E-state index in [-0.39, 0.29) is 5.82 Å². The Balaban J connectivity index is 2.64. The molecule has 3 nitrogen and oxygen atoms in total. The van der Waals surface area contributed by atoms with E-state index in [0.29, 0.717) is 17.1 Å². The van der Waals surface area contributed by atoms with E-state index in [1.807, 2.05) is 18.4 Å². The zero-order valence-corrected chi connectivity index (χ0v) is 11.3. The predicted octanol–water partition coefficient (Wildman–Crippen LogP) is 3.36. The standard InChI is InChI=1S/C12H13BrFN3/c1-3-17-7(2)16-11(12(17)15)9-6-8(13)4-5-10(9)14/h4-6H,3,15H2,1-2H3. The first-order valence-electron chi connectivity index (χ1n) is 5.32. The summed E-state index contributed by atoms with van der Waals surface area (Å²) in [6.07, 6.45) is 0. The molecular weight excluding hydrogens is 285 g/mol. The monoisotopic (exact) mass is 297 g/mol. The highest BCUT2D eigenvalue weighted by atomic mass is 79.9. The fraction of sp³-hybridized carbons (Fsp3) is 0.250. The highest BCUT2D eigenvalue weighted by Crippen LogP contribution is 2.30. The van der Waals surface area contributed by atoms with E-state index < -0.39 is 0 Å². The van der Waals surface area contributed by atoms with Crippen molar-refractivity contribution < 1.29 is 4.39 Å². The van der Waals surface area contributed by atoms with Gasteiger partial charge in [0.2, 0.25) is 0 Å². The number of nitrogen functional groups attached to an aromatic ring is 1. The van der Waals surface area contributed by atoms with Gasteiger partial charge in [0, 0.05) is 16.6 Å². The lowest BCUT2D eigenvalue weighted by Gasteiger charge is -2.04.